The summed E-state index contributed by atoms with van der Waals surface area (Å²) in [5.41, 5.74) is -4.74. The largest absolute Gasteiger partial charge is 0.481 e. The molecule has 59 heavy (non-hydrogen) atoms. The molecule has 2 aliphatic carbocycles. The number of alkyl carbamates (subject to hydrolysis) is 1. The van der Waals surface area contributed by atoms with Crippen LogP contribution in [0.4, 0.5) is 26.7 Å². The Morgan fingerprint density at radius 1 is 1.10 bits per heavy atom. The molecule has 4 aliphatic rings. The Bertz CT molecular complexity index is 2130. The number of carbonyl (C=O) groups is 4. The molecule has 2 aliphatic heterocycles. The van der Waals surface area contributed by atoms with Crippen LogP contribution in [0, 0.1) is 23.6 Å². The van der Waals surface area contributed by atoms with Gasteiger partial charge in [-0.3, -0.25) is 19.1 Å². The van der Waals surface area contributed by atoms with Crippen molar-refractivity contribution in [3.8, 4) is 11.8 Å². The molecule has 0 spiro atoms. The molecule has 20 heteroatoms. The Morgan fingerprint density at radius 3 is 2.46 bits per heavy atom. The van der Waals surface area contributed by atoms with E-state index in [1.54, 1.807) is 19.1 Å². The zero-order valence-electron chi connectivity index (χ0n) is 33.2. The molecule has 1 aromatic heterocycles. The number of pyridine rings is 1. The van der Waals surface area contributed by atoms with Crippen molar-refractivity contribution in [2.75, 3.05) is 20.3 Å². The number of rotatable bonds is 9. The number of sulfonamides is 1. The number of hydrogen-bond donors (Lipinski definition) is 3. The molecule has 2 aromatic rings. The molecule has 324 valence electrons. The second kappa shape index (κ2) is 16.0. The maximum atomic E-state index is 14.7. The van der Waals surface area contributed by atoms with Gasteiger partial charge in [-0.05, 0) is 87.8 Å². The molecule has 0 bridgehead atoms. The fourth-order valence-corrected chi connectivity index (χ4v) is 9.15. The van der Waals surface area contributed by atoms with Crippen LogP contribution in [0.15, 0.2) is 36.4 Å². The minimum Gasteiger partial charge on any atom is -0.481 e. The SMILES string of the molecule is COc1cc2cc(F)ccc2c(O[C@@H]2C[C@H]3C(=O)N[C@]4(C(=O)NS(=O)(=O)C5(CF)CC5)C[C@H]4/C=C\CC[C@H](C)C[C@@H](C)[C@H](NC(=O)OC(C)(C)C(F)(F)F)C(=O)N3C2)n1. The van der Waals surface area contributed by atoms with Crippen LogP contribution in [-0.2, 0) is 29.1 Å². The quantitative estimate of drug-likeness (QED) is 0.229. The maximum absolute atomic E-state index is 14.7. The fourth-order valence-electron chi connectivity index (χ4n) is 7.72. The molecule has 3 fully saturated rings. The van der Waals surface area contributed by atoms with Gasteiger partial charge in [-0.25, -0.2) is 22.0 Å². The zero-order valence-corrected chi connectivity index (χ0v) is 34.0. The topological polar surface area (TPSA) is 182 Å². The molecule has 2 saturated carbocycles. The third-order valence-electron chi connectivity index (χ3n) is 11.8. The van der Waals surface area contributed by atoms with Crippen LogP contribution in [0.2, 0.25) is 0 Å². The van der Waals surface area contributed by atoms with Gasteiger partial charge in [-0.1, -0.05) is 26.0 Å². The molecule has 0 unspecified atom stereocenters. The van der Waals surface area contributed by atoms with Crippen molar-refractivity contribution in [2.45, 2.75) is 113 Å². The molecule has 1 saturated heterocycles. The molecular formula is C39H48F5N5O9S. The normalized spacial score (nSPS) is 29.2. The van der Waals surface area contributed by atoms with E-state index >= 15 is 0 Å². The van der Waals surface area contributed by atoms with Crippen molar-refractivity contribution in [2.24, 2.45) is 17.8 Å². The van der Waals surface area contributed by atoms with Crippen LogP contribution >= 0.6 is 0 Å². The minimum absolute atomic E-state index is 0.00869. The lowest BCUT2D eigenvalue weighted by Crippen LogP contribution is -2.60. The van der Waals surface area contributed by atoms with Crippen molar-refractivity contribution in [1.29, 1.82) is 0 Å². The number of nitrogens with one attached hydrogen (secondary N) is 3. The maximum Gasteiger partial charge on any atom is 0.427 e. The van der Waals surface area contributed by atoms with Gasteiger partial charge in [0.1, 0.15) is 41.0 Å². The van der Waals surface area contributed by atoms with Gasteiger partial charge in [-0.15, -0.1) is 0 Å². The number of amides is 4. The molecule has 14 nitrogen and oxygen atoms in total. The number of methoxy groups -OCH3 is 1. The highest BCUT2D eigenvalue weighted by Crippen LogP contribution is 2.48. The average molecular weight is 858 g/mol. The summed E-state index contributed by atoms with van der Waals surface area (Å²) in [5.74, 6) is -4.87. The zero-order chi connectivity index (χ0) is 43.3. The Kier molecular flexibility index (Phi) is 11.9. The highest BCUT2D eigenvalue weighted by atomic mass is 32.2. The first-order valence-electron chi connectivity index (χ1n) is 19.3. The van der Waals surface area contributed by atoms with E-state index in [1.165, 1.54) is 31.4 Å². The second-order valence-electron chi connectivity index (χ2n) is 16.7. The standard InChI is InChI=1S/C39H48F5N5O9S/c1-21-8-6-7-9-24-18-38(24,34(52)48-59(54,55)37(20-40)12-13-37)47-31(50)28-17-26(57-32-27-11-10-25(41)15-23(27)16-29(45-32)56-5)19-49(28)33(51)30(22(2)14-21)46-35(53)58-36(3,4)39(42,43)44/h7,9-11,15-16,21-22,24,26,28,30H,6,8,12-14,17-20H2,1-5H3,(H,46,53)(H,47,50)(H,48,52)/b9-7-/t21-,22+,24+,26+,28-,30-,38+/m0/s1. The molecule has 4 amide bonds. The molecule has 3 heterocycles. The van der Waals surface area contributed by atoms with Crippen molar-refractivity contribution in [1.82, 2.24) is 25.2 Å². The molecule has 0 radical (unpaired) electrons. The van der Waals surface area contributed by atoms with Crippen LogP contribution in [-0.4, -0.2) is 103 Å². The molecule has 1 aromatic carbocycles. The number of alkyl halides is 4. The van der Waals surface area contributed by atoms with Crippen molar-refractivity contribution < 1.29 is 63.8 Å². The van der Waals surface area contributed by atoms with E-state index in [4.69, 9.17) is 14.2 Å². The molecule has 3 N–H and O–H groups in total. The van der Waals surface area contributed by atoms with Crippen LogP contribution in [0.25, 0.3) is 10.8 Å². The Hall–Kier alpha value is -4.75. The van der Waals surface area contributed by atoms with E-state index in [-0.39, 0.29) is 49.9 Å². The average Bonchev–Trinajstić information content (AvgIpc) is 4.05. The van der Waals surface area contributed by atoms with Crippen molar-refractivity contribution in [3.63, 3.8) is 0 Å². The van der Waals surface area contributed by atoms with E-state index in [0.717, 1.165) is 4.90 Å². The number of nitrogens with zero attached hydrogens (tertiary/aromatic N) is 2. The summed E-state index contributed by atoms with van der Waals surface area (Å²) in [6, 6.07) is 2.33. The van der Waals surface area contributed by atoms with Gasteiger partial charge >= 0.3 is 12.3 Å². The Morgan fingerprint density at radius 2 is 1.81 bits per heavy atom. The summed E-state index contributed by atoms with van der Waals surface area (Å²) in [6.07, 6.45) is -2.95. The Labute approximate surface area is 338 Å². The number of fused-ring (bicyclic) bond motifs is 3. The second-order valence-corrected chi connectivity index (χ2v) is 18.8. The lowest BCUT2D eigenvalue weighted by molar-refractivity contribution is -0.244. The van der Waals surface area contributed by atoms with Gasteiger partial charge in [0.15, 0.2) is 0 Å². The third-order valence-corrected chi connectivity index (χ3v) is 13.9. The van der Waals surface area contributed by atoms with Crippen LogP contribution in [0.1, 0.15) is 72.6 Å². The number of halogens is 5. The highest BCUT2D eigenvalue weighted by Gasteiger charge is 2.64. The number of aromatic nitrogens is 1. The molecule has 6 rings (SSSR count). The highest BCUT2D eigenvalue weighted by molar-refractivity contribution is 7.91. The minimum atomic E-state index is -4.95. The number of ether oxygens (including phenoxy) is 3. The predicted molar refractivity (Wildman–Crippen MR) is 202 cm³/mol. The third kappa shape index (κ3) is 8.92. The van der Waals surface area contributed by atoms with Crippen LogP contribution < -0.4 is 24.8 Å². The van der Waals surface area contributed by atoms with E-state index in [0.29, 0.717) is 43.9 Å². The summed E-state index contributed by atoms with van der Waals surface area (Å²) in [6.45, 7) is 3.28. The van der Waals surface area contributed by atoms with Crippen LogP contribution in [0.3, 0.4) is 0 Å². The first-order chi connectivity index (χ1) is 27.5. The molecule has 7 atom stereocenters. The van der Waals surface area contributed by atoms with Gasteiger partial charge < -0.3 is 29.7 Å². The van der Waals surface area contributed by atoms with Gasteiger partial charge in [0.2, 0.25) is 39.2 Å². The van der Waals surface area contributed by atoms with Crippen LogP contribution in [0.5, 0.6) is 11.8 Å². The summed E-state index contributed by atoms with van der Waals surface area (Å²) in [4.78, 5) is 61.7. The number of allylic oxidation sites excluding steroid dienone is 1. The van der Waals surface area contributed by atoms with E-state index < -0.39 is 98.4 Å². The van der Waals surface area contributed by atoms with Crippen molar-refractivity contribution in [3.05, 3.63) is 42.2 Å². The van der Waals surface area contributed by atoms with Gasteiger partial charge in [0, 0.05) is 23.8 Å². The van der Waals surface area contributed by atoms with E-state index in [1.807, 2.05) is 11.6 Å². The number of carbonyl (C=O) groups excluding carboxylic acids is 4. The monoisotopic (exact) mass is 857 g/mol. The first kappa shape index (κ1) is 43.8. The lowest BCUT2D eigenvalue weighted by atomic mass is 9.88. The predicted octanol–water partition coefficient (Wildman–Crippen LogP) is 5.00. The summed E-state index contributed by atoms with van der Waals surface area (Å²) in [7, 11) is -3.15. The first-order valence-corrected chi connectivity index (χ1v) is 20.8. The number of hydrogen-bond acceptors (Lipinski definition) is 10. The summed E-state index contributed by atoms with van der Waals surface area (Å²) in [5, 5.41) is 5.72. The van der Waals surface area contributed by atoms with Gasteiger partial charge in [0.25, 0.3) is 5.91 Å². The summed E-state index contributed by atoms with van der Waals surface area (Å²) >= 11 is 0. The van der Waals surface area contributed by atoms with Gasteiger partial charge in [-0.2, -0.15) is 18.2 Å². The smallest absolute Gasteiger partial charge is 0.427 e. The molecular weight excluding hydrogens is 810 g/mol. The lowest BCUT2D eigenvalue weighted by Gasteiger charge is -2.34. The van der Waals surface area contributed by atoms with E-state index in [2.05, 4.69) is 15.6 Å². The van der Waals surface area contributed by atoms with E-state index in [9.17, 15) is 49.5 Å². The van der Waals surface area contributed by atoms with Crippen molar-refractivity contribution >= 4 is 44.6 Å². The fraction of sp³-hybridized carbons (Fsp3) is 0.615. The summed E-state index contributed by atoms with van der Waals surface area (Å²) < 4.78 is 112. The number of benzene rings is 1. The van der Waals surface area contributed by atoms with Gasteiger partial charge in [0.05, 0.1) is 13.7 Å². The Balaban J connectivity index is 1.37.